The number of nitrogens with one attached hydrogen (secondary N) is 3. The van der Waals surface area contributed by atoms with E-state index in [1.165, 1.54) is 5.56 Å². The summed E-state index contributed by atoms with van der Waals surface area (Å²) in [6.45, 7) is 7.91. The molecule has 1 heterocycles. The summed E-state index contributed by atoms with van der Waals surface area (Å²) in [4.78, 5) is 26.5. The van der Waals surface area contributed by atoms with Crippen molar-refractivity contribution in [2.24, 2.45) is 0 Å². The number of hydrogen-bond acceptors (Lipinski definition) is 3. The van der Waals surface area contributed by atoms with Crippen LogP contribution in [0.15, 0.2) is 36.5 Å². The molecule has 0 spiro atoms. The Kier molecular flexibility index (Phi) is 5.63. The maximum Gasteiger partial charge on any atom is 0.286 e. The molecule has 2 amide bonds. The highest BCUT2D eigenvalue weighted by molar-refractivity contribution is 5.94. The topological polar surface area (TPSA) is 83.2 Å². The largest absolute Gasteiger partial charge is 0.481 e. The second kappa shape index (κ2) is 7.68. The minimum absolute atomic E-state index is 0.365. The molecule has 0 aliphatic carbocycles. The van der Waals surface area contributed by atoms with Gasteiger partial charge in [0.15, 0.2) is 6.10 Å². The highest BCUT2D eigenvalue weighted by Gasteiger charge is 2.16. The molecule has 0 aliphatic rings. The number of ether oxygens (including phenoxy) is 1. The molecule has 0 aliphatic heterocycles. The lowest BCUT2D eigenvalue weighted by molar-refractivity contribution is -0.128. The molecule has 128 valence electrons. The summed E-state index contributed by atoms with van der Waals surface area (Å²) in [5.41, 5.74) is 7.42. The van der Waals surface area contributed by atoms with Gasteiger partial charge in [-0.1, -0.05) is 19.9 Å². The molecule has 2 rings (SSSR count). The molecular formula is C18H23N3O3. The van der Waals surface area contributed by atoms with Crippen LogP contribution in [0.3, 0.4) is 0 Å². The van der Waals surface area contributed by atoms with Gasteiger partial charge in [0.2, 0.25) is 0 Å². The van der Waals surface area contributed by atoms with E-state index in [-0.39, 0.29) is 0 Å². The van der Waals surface area contributed by atoms with E-state index < -0.39 is 17.9 Å². The number of benzene rings is 1. The number of carbonyl (C=O) groups is 2. The Morgan fingerprint density at radius 1 is 1.12 bits per heavy atom. The molecule has 0 bridgehead atoms. The summed E-state index contributed by atoms with van der Waals surface area (Å²) >= 11 is 0. The average Bonchev–Trinajstić information content (AvgIpc) is 3.06. The summed E-state index contributed by atoms with van der Waals surface area (Å²) in [5, 5.41) is 0. The van der Waals surface area contributed by atoms with Gasteiger partial charge in [-0.2, -0.15) is 0 Å². The van der Waals surface area contributed by atoms with Crippen molar-refractivity contribution in [3.05, 3.63) is 53.3 Å². The zero-order valence-electron chi connectivity index (χ0n) is 14.3. The second-order valence-electron chi connectivity index (χ2n) is 5.96. The average molecular weight is 329 g/mol. The minimum Gasteiger partial charge on any atom is -0.481 e. The van der Waals surface area contributed by atoms with Crippen LogP contribution in [-0.2, 0) is 4.79 Å². The first-order valence-corrected chi connectivity index (χ1v) is 7.89. The van der Waals surface area contributed by atoms with Crippen LogP contribution >= 0.6 is 0 Å². The smallest absolute Gasteiger partial charge is 0.286 e. The predicted octanol–water partition coefficient (Wildman–Crippen LogP) is 2.68. The summed E-state index contributed by atoms with van der Waals surface area (Å²) in [5.74, 6) is 0.205. The van der Waals surface area contributed by atoms with E-state index in [0.717, 1.165) is 5.56 Å². The molecule has 1 atom stereocenters. The van der Waals surface area contributed by atoms with Gasteiger partial charge < -0.3 is 9.72 Å². The summed E-state index contributed by atoms with van der Waals surface area (Å²) < 4.78 is 5.64. The lowest BCUT2D eigenvalue weighted by Gasteiger charge is -2.17. The van der Waals surface area contributed by atoms with Gasteiger partial charge in [0.05, 0.1) is 0 Å². The Morgan fingerprint density at radius 3 is 2.46 bits per heavy atom. The highest BCUT2D eigenvalue weighted by atomic mass is 16.5. The van der Waals surface area contributed by atoms with Crippen LogP contribution in [0.4, 0.5) is 0 Å². The fourth-order valence-electron chi connectivity index (χ4n) is 2.39. The molecule has 24 heavy (non-hydrogen) atoms. The molecule has 0 saturated carbocycles. The van der Waals surface area contributed by atoms with E-state index in [9.17, 15) is 9.59 Å². The monoisotopic (exact) mass is 329 g/mol. The lowest BCUT2D eigenvalue weighted by atomic mass is 9.98. The molecule has 2 aromatic rings. The molecule has 1 unspecified atom stereocenters. The van der Waals surface area contributed by atoms with E-state index in [4.69, 9.17) is 4.74 Å². The fraction of sp³-hybridized carbons (Fsp3) is 0.333. The van der Waals surface area contributed by atoms with Crippen molar-refractivity contribution in [1.82, 2.24) is 15.8 Å². The Hall–Kier alpha value is -2.76. The fourth-order valence-corrected chi connectivity index (χ4v) is 2.39. The van der Waals surface area contributed by atoms with E-state index in [1.54, 1.807) is 25.3 Å². The van der Waals surface area contributed by atoms with Gasteiger partial charge in [0.25, 0.3) is 11.8 Å². The van der Waals surface area contributed by atoms with Crippen molar-refractivity contribution in [2.45, 2.75) is 39.7 Å². The van der Waals surface area contributed by atoms with E-state index in [2.05, 4.69) is 29.7 Å². The second-order valence-corrected chi connectivity index (χ2v) is 5.96. The van der Waals surface area contributed by atoms with Crippen LogP contribution in [0.25, 0.3) is 0 Å². The van der Waals surface area contributed by atoms with Gasteiger partial charge in [-0.15, -0.1) is 0 Å². The number of hydrogen-bond donors (Lipinski definition) is 3. The maximum atomic E-state index is 12.0. The predicted molar refractivity (Wildman–Crippen MR) is 91.8 cm³/mol. The van der Waals surface area contributed by atoms with E-state index in [1.807, 2.05) is 25.1 Å². The van der Waals surface area contributed by atoms with E-state index >= 15 is 0 Å². The van der Waals surface area contributed by atoms with Gasteiger partial charge in [-0.3, -0.25) is 20.4 Å². The van der Waals surface area contributed by atoms with Gasteiger partial charge in [0.1, 0.15) is 11.4 Å². The highest BCUT2D eigenvalue weighted by Crippen LogP contribution is 2.24. The van der Waals surface area contributed by atoms with Crippen molar-refractivity contribution >= 4 is 11.8 Å². The van der Waals surface area contributed by atoms with Crippen molar-refractivity contribution in [1.29, 1.82) is 0 Å². The number of rotatable bonds is 5. The molecule has 1 aromatic heterocycles. The number of aromatic nitrogens is 1. The van der Waals surface area contributed by atoms with Crippen molar-refractivity contribution in [3.8, 4) is 5.75 Å². The van der Waals surface area contributed by atoms with Gasteiger partial charge in [0, 0.05) is 6.20 Å². The first-order chi connectivity index (χ1) is 11.4. The summed E-state index contributed by atoms with van der Waals surface area (Å²) in [6.07, 6.45) is 0.893. The first kappa shape index (κ1) is 17.6. The molecule has 0 radical (unpaired) electrons. The number of aromatic amines is 1. The summed E-state index contributed by atoms with van der Waals surface area (Å²) in [6, 6.07) is 9.08. The molecular weight excluding hydrogens is 306 g/mol. The first-order valence-electron chi connectivity index (χ1n) is 7.89. The Labute approximate surface area is 141 Å². The number of amides is 2. The standard InChI is InChI=1S/C18H23N3O3/c1-11(2)15-8-7-14(10-12(15)3)24-13(4)17(22)20-21-18(23)16-6-5-9-19-16/h5-11,13,19H,1-4H3,(H,20,22)(H,21,23). The molecule has 6 heteroatoms. The van der Waals surface area contributed by atoms with Crippen LogP contribution in [0, 0.1) is 6.92 Å². The Bertz CT molecular complexity index is 708. The van der Waals surface area contributed by atoms with Gasteiger partial charge in [-0.25, -0.2) is 0 Å². The van der Waals surface area contributed by atoms with Crippen LogP contribution < -0.4 is 15.6 Å². The normalized spacial score (nSPS) is 11.9. The number of carbonyl (C=O) groups excluding carboxylic acids is 2. The Balaban J connectivity index is 1.89. The van der Waals surface area contributed by atoms with Crippen LogP contribution in [0.1, 0.15) is 48.3 Å². The van der Waals surface area contributed by atoms with Gasteiger partial charge >= 0.3 is 0 Å². The molecule has 6 nitrogen and oxygen atoms in total. The molecule has 1 aromatic carbocycles. The number of hydrazine groups is 1. The Morgan fingerprint density at radius 2 is 1.88 bits per heavy atom. The number of aryl methyl sites for hydroxylation is 1. The third-order valence-electron chi connectivity index (χ3n) is 3.69. The summed E-state index contributed by atoms with van der Waals surface area (Å²) in [7, 11) is 0. The van der Waals surface area contributed by atoms with Crippen molar-refractivity contribution in [3.63, 3.8) is 0 Å². The van der Waals surface area contributed by atoms with Crippen LogP contribution in [-0.4, -0.2) is 22.9 Å². The maximum absolute atomic E-state index is 12.0. The van der Waals surface area contributed by atoms with E-state index in [0.29, 0.717) is 17.4 Å². The third kappa shape index (κ3) is 4.38. The molecule has 0 fully saturated rings. The van der Waals surface area contributed by atoms with Crippen molar-refractivity contribution in [2.75, 3.05) is 0 Å². The third-order valence-corrected chi connectivity index (χ3v) is 3.69. The molecule has 3 N–H and O–H groups in total. The zero-order chi connectivity index (χ0) is 17.7. The SMILES string of the molecule is Cc1cc(OC(C)C(=O)NNC(=O)c2ccc[nH]2)ccc1C(C)C. The quantitative estimate of drug-likeness (QED) is 0.738. The molecule has 0 saturated heterocycles. The van der Waals surface area contributed by atoms with Crippen LogP contribution in [0.5, 0.6) is 5.75 Å². The lowest BCUT2D eigenvalue weighted by Crippen LogP contribution is -2.47. The van der Waals surface area contributed by atoms with Crippen LogP contribution in [0.2, 0.25) is 0 Å². The van der Waals surface area contributed by atoms with Crippen molar-refractivity contribution < 1.29 is 14.3 Å². The van der Waals surface area contributed by atoms with Gasteiger partial charge in [-0.05, 0) is 55.2 Å². The number of H-pyrrole nitrogens is 1. The zero-order valence-corrected chi connectivity index (χ0v) is 14.3. The minimum atomic E-state index is -0.738.